The van der Waals surface area contributed by atoms with E-state index in [4.69, 9.17) is 23.2 Å². The number of alkyl halides is 1. The molecule has 1 aliphatic rings. The van der Waals surface area contributed by atoms with Crippen LogP contribution in [0.4, 0.5) is 0 Å². The van der Waals surface area contributed by atoms with Crippen LogP contribution in [0, 0.1) is 5.92 Å². The molecule has 27 heavy (non-hydrogen) atoms. The lowest BCUT2D eigenvalue weighted by Crippen LogP contribution is -2.41. The molecule has 8 heteroatoms. The summed E-state index contributed by atoms with van der Waals surface area (Å²) in [5.41, 5.74) is 2.70. The fraction of sp³-hybridized carbons (Fsp3) is 0.368. The molecule has 0 unspecified atom stereocenters. The van der Waals surface area contributed by atoms with Crippen LogP contribution in [-0.2, 0) is 29.0 Å². The maximum absolute atomic E-state index is 13.1. The monoisotopic (exact) mass is 406 g/mol. The number of nitrogens with zero attached hydrogens (tertiary/aromatic N) is 3. The summed E-state index contributed by atoms with van der Waals surface area (Å²) in [6.45, 7) is 1.15. The van der Waals surface area contributed by atoms with Crippen molar-refractivity contribution < 1.29 is 9.59 Å². The average molecular weight is 407 g/mol. The number of rotatable bonds is 7. The standard InChI is InChI=1S/C19H20Cl2N4O2/c20-11-18(26)24-6-7-25(12-13-2-1-3-15(21)8-13)19(27)14-9-16-17(10-14)23-5-4-22-16/h1-5,8,14H,6-7,9-12H2,(H,24,26). The summed E-state index contributed by atoms with van der Waals surface area (Å²) in [4.78, 5) is 34.9. The van der Waals surface area contributed by atoms with Crippen molar-refractivity contribution in [1.29, 1.82) is 0 Å². The van der Waals surface area contributed by atoms with Gasteiger partial charge in [-0.25, -0.2) is 0 Å². The minimum atomic E-state index is -0.256. The summed E-state index contributed by atoms with van der Waals surface area (Å²) in [6.07, 6.45) is 4.47. The second-order valence-electron chi connectivity index (χ2n) is 6.43. The highest BCUT2D eigenvalue weighted by Gasteiger charge is 2.32. The number of nitrogens with one attached hydrogen (secondary N) is 1. The van der Waals surface area contributed by atoms with Crippen LogP contribution in [0.2, 0.25) is 5.02 Å². The van der Waals surface area contributed by atoms with Crippen molar-refractivity contribution >= 4 is 35.0 Å². The third-order valence-electron chi connectivity index (χ3n) is 4.49. The number of amides is 2. The van der Waals surface area contributed by atoms with Gasteiger partial charge in [-0.15, -0.1) is 11.6 Å². The van der Waals surface area contributed by atoms with E-state index >= 15 is 0 Å². The van der Waals surface area contributed by atoms with Crippen molar-refractivity contribution in [3.05, 3.63) is 58.6 Å². The highest BCUT2D eigenvalue weighted by Crippen LogP contribution is 2.25. The maximum Gasteiger partial charge on any atom is 0.234 e. The summed E-state index contributed by atoms with van der Waals surface area (Å²) in [6, 6.07) is 7.42. The first kappa shape index (κ1) is 19.6. The van der Waals surface area contributed by atoms with Gasteiger partial charge in [-0.3, -0.25) is 19.6 Å². The summed E-state index contributed by atoms with van der Waals surface area (Å²) in [7, 11) is 0. The molecular weight excluding hydrogens is 387 g/mol. The van der Waals surface area contributed by atoms with Crippen LogP contribution >= 0.6 is 23.2 Å². The van der Waals surface area contributed by atoms with Gasteiger partial charge in [-0.1, -0.05) is 23.7 Å². The normalized spacial score (nSPS) is 13.3. The Kier molecular flexibility index (Phi) is 6.63. The average Bonchev–Trinajstić information content (AvgIpc) is 3.10. The lowest BCUT2D eigenvalue weighted by molar-refractivity contribution is -0.136. The van der Waals surface area contributed by atoms with Crippen molar-refractivity contribution in [3.8, 4) is 0 Å². The van der Waals surface area contributed by atoms with Gasteiger partial charge >= 0.3 is 0 Å². The zero-order valence-electron chi connectivity index (χ0n) is 14.7. The van der Waals surface area contributed by atoms with Gasteiger partial charge in [0.15, 0.2) is 0 Å². The van der Waals surface area contributed by atoms with Gasteiger partial charge in [-0.05, 0) is 17.7 Å². The second-order valence-corrected chi connectivity index (χ2v) is 7.13. The van der Waals surface area contributed by atoms with Crippen LogP contribution in [0.1, 0.15) is 17.0 Å². The number of carbonyl (C=O) groups is 2. The van der Waals surface area contributed by atoms with E-state index in [1.807, 2.05) is 18.2 Å². The van der Waals surface area contributed by atoms with Gasteiger partial charge in [-0.2, -0.15) is 0 Å². The molecule has 0 bridgehead atoms. The highest BCUT2D eigenvalue weighted by molar-refractivity contribution is 6.30. The number of hydrogen-bond donors (Lipinski definition) is 1. The number of fused-ring (bicyclic) bond motifs is 1. The van der Waals surface area contributed by atoms with Crippen molar-refractivity contribution in [2.75, 3.05) is 19.0 Å². The molecule has 0 saturated carbocycles. The van der Waals surface area contributed by atoms with Gasteiger partial charge in [0.1, 0.15) is 5.88 Å². The zero-order valence-corrected chi connectivity index (χ0v) is 16.2. The van der Waals surface area contributed by atoms with Crippen molar-refractivity contribution in [3.63, 3.8) is 0 Å². The summed E-state index contributed by atoms with van der Waals surface area (Å²) in [5, 5.41) is 3.33. The van der Waals surface area contributed by atoms with Crippen LogP contribution in [0.5, 0.6) is 0 Å². The van der Waals surface area contributed by atoms with Crippen LogP contribution in [0.25, 0.3) is 0 Å². The molecule has 1 aliphatic carbocycles. The van der Waals surface area contributed by atoms with Crippen LogP contribution in [0.15, 0.2) is 36.7 Å². The number of hydrogen-bond acceptors (Lipinski definition) is 4. The van der Waals surface area contributed by atoms with Gasteiger partial charge in [0.25, 0.3) is 0 Å². The van der Waals surface area contributed by atoms with Crippen molar-refractivity contribution in [1.82, 2.24) is 20.2 Å². The minimum Gasteiger partial charge on any atom is -0.353 e. The Morgan fingerprint density at radius 3 is 2.52 bits per heavy atom. The molecule has 142 valence electrons. The first-order chi connectivity index (χ1) is 13.1. The van der Waals surface area contributed by atoms with Gasteiger partial charge in [0.2, 0.25) is 11.8 Å². The molecule has 2 amide bonds. The Hall–Kier alpha value is -2.18. The molecule has 1 aromatic heterocycles. The molecule has 0 fully saturated rings. The molecule has 0 radical (unpaired) electrons. The van der Waals surface area contributed by atoms with E-state index in [-0.39, 0.29) is 23.6 Å². The van der Waals surface area contributed by atoms with Gasteiger partial charge < -0.3 is 10.2 Å². The van der Waals surface area contributed by atoms with E-state index in [1.165, 1.54) is 0 Å². The molecule has 1 aromatic carbocycles. The molecule has 2 aromatic rings. The summed E-state index contributed by atoms with van der Waals surface area (Å²) >= 11 is 11.6. The molecule has 0 atom stereocenters. The van der Waals surface area contributed by atoms with E-state index < -0.39 is 0 Å². The fourth-order valence-corrected chi connectivity index (χ4v) is 3.52. The predicted octanol–water partition coefficient (Wildman–Crippen LogP) is 2.23. The quantitative estimate of drug-likeness (QED) is 0.715. The SMILES string of the molecule is O=C(CCl)NCCN(Cc1cccc(Cl)c1)C(=O)C1Cc2nccnc2C1. The molecular formula is C19H20Cl2N4O2. The van der Waals surface area contributed by atoms with Crippen molar-refractivity contribution in [2.45, 2.75) is 19.4 Å². The Bertz CT molecular complexity index is 806. The predicted molar refractivity (Wildman–Crippen MR) is 104 cm³/mol. The summed E-state index contributed by atoms with van der Waals surface area (Å²) in [5.74, 6) is -0.522. The Labute approximate surface area is 167 Å². The zero-order chi connectivity index (χ0) is 19.2. The minimum absolute atomic E-state index is 0.0231. The Morgan fingerprint density at radius 1 is 1.19 bits per heavy atom. The van der Waals surface area contributed by atoms with Crippen LogP contribution < -0.4 is 5.32 Å². The van der Waals surface area contributed by atoms with Gasteiger partial charge in [0, 0.05) is 55.8 Å². The third-order valence-corrected chi connectivity index (χ3v) is 4.97. The first-order valence-corrected chi connectivity index (χ1v) is 9.62. The maximum atomic E-state index is 13.1. The van der Waals surface area contributed by atoms with Crippen molar-refractivity contribution in [2.24, 2.45) is 5.92 Å². The van der Waals surface area contributed by atoms with E-state index in [1.54, 1.807) is 23.4 Å². The molecule has 0 aliphatic heterocycles. The molecule has 1 N–H and O–H groups in total. The van der Waals surface area contributed by atoms with E-state index in [0.29, 0.717) is 37.5 Å². The fourth-order valence-electron chi connectivity index (χ4n) is 3.21. The highest BCUT2D eigenvalue weighted by atomic mass is 35.5. The molecule has 0 spiro atoms. The number of benzene rings is 1. The third kappa shape index (κ3) is 5.17. The largest absolute Gasteiger partial charge is 0.353 e. The van der Waals surface area contributed by atoms with E-state index in [2.05, 4.69) is 15.3 Å². The van der Waals surface area contributed by atoms with Crippen LogP contribution in [0.3, 0.4) is 0 Å². The topological polar surface area (TPSA) is 75.2 Å². The van der Waals surface area contributed by atoms with Crippen LogP contribution in [-0.4, -0.2) is 45.7 Å². The molecule has 6 nitrogen and oxygen atoms in total. The van der Waals surface area contributed by atoms with E-state index in [0.717, 1.165) is 17.0 Å². The molecule has 3 rings (SSSR count). The first-order valence-electron chi connectivity index (χ1n) is 8.71. The smallest absolute Gasteiger partial charge is 0.234 e. The molecule has 1 heterocycles. The van der Waals surface area contributed by atoms with E-state index in [9.17, 15) is 9.59 Å². The second kappa shape index (κ2) is 9.15. The Morgan fingerprint density at radius 2 is 1.89 bits per heavy atom. The van der Waals surface area contributed by atoms with Gasteiger partial charge in [0.05, 0.1) is 11.4 Å². The number of aromatic nitrogens is 2. The number of halogens is 2. The Balaban J connectivity index is 1.70. The lowest BCUT2D eigenvalue weighted by Gasteiger charge is -2.26. The molecule has 0 saturated heterocycles. The lowest BCUT2D eigenvalue weighted by atomic mass is 10.0. The number of carbonyl (C=O) groups excluding carboxylic acids is 2. The summed E-state index contributed by atoms with van der Waals surface area (Å²) < 4.78 is 0.